The summed E-state index contributed by atoms with van der Waals surface area (Å²) in [7, 11) is 1.77. The van der Waals surface area contributed by atoms with Crippen molar-refractivity contribution >= 4 is 23.2 Å². The lowest BCUT2D eigenvalue weighted by molar-refractivity contribution is 0.0934. The van der Waals surface area contributed by atoms with E-state index in [4.69, 9.17) is 11.6 Å². The number of nitrogens with zero attached hydrogens (tertiary/aromatic N) is 1. The summed E-state index contributed by atoms with van der Waals surface area (Å²) in [4.78, 5) is 19.6. The maximum atomic E-state index is 12.4. The number of imidazole rings is 1. The number of rotatable bonds is 5. The molecule has 0 saturated carbocycles. The number of H-pyrrole nitrogens is 1. The monoisotopic (exact) mass is 292 g/mol. The maximum absolute atomic E-state index is 12.4. The van der Waals surface area contributed by atoms with Crippen LogP contribution in [0.5, 0.6) is 0 Å². The zero-order valence-corrected chi connectivity index (χ0v) is 12.2. The van der Waals surface area contributed by atoms with Crippen LogP contribution in [0.4, 0.5) is 5.69 Å². The fourth-order valence-electron chi connectivity index (χ4n) is 1.99. The van der Waals surface area contributed by atoms with Gasteiger partial charge in [-0.05, 0) is 24.6 Å². The molecule has 0 saturated heterocycles. The number of aromatic nitrogens is 2. The number of carbonyl (C=O) groups excluding carboxylic acids is 1. The Morgan fingerprint density at radius 2 is 2.30 bits per heavy atom. The van der Waals surface area contributed by atoms with Gasteiger partial charge in [-0.3, -0.25) is 4.79 Å². The minimum Gasteiger partial charge on any atom is -0.387 e. The van der Waals surface area contributed by atoms with Gasteiger partial charge in [0.05, 0.1) is 11.6 Å². The summed E-state index contributed by atoms with van der Waals surface area (Å²) >= 11 is 5.96. The first-order chi connectivity index (χ1) is 9.65. The fourth-order valence-corrected chi connectivity index (χ4v) is 2.16. The number of amides is 1. The Morgan fingerprint density at radius 1 is 1.50 bits per heavy atom. The zero-order chi connectivity index (χ0) is 14.5. The van der Waals surface area contributed by atoms with Gasteiger partial charge in [-0.1, -0.05) is 18.5 Å². The summed E-state index contributed by atoms with van der Waals surface area (Å²) in [5.41, 5.74) is 1.26. The van der Waals surface area contributed by atoms with Crippen molar-refractivity contribution in [3.05, 3.63) is 47.0 Å². The molecule has 2 rings (SSSR count). The van der Waals surface area contributed by atoms with Crippen LogP contribution in [-0.4, -0.2) is 22.9 Å². The molecule has 3 N–H and O–H groups in total. The van der Waals surface area contributed by atoms with E-state index in [1.807, 2.05) is 6.92 Å². The smallest absolute Gasteiger partial charge is 0.254 e. The van der Waals surface area contributed by atoms with E-state index >= 15 is 0 Å². The van der Waals surface area contributed by atoms with E-state index in [0.29, 0.717) is 10.6 Å². The molecule has 0 fully saturated rings. The van der Waals surface area contributed by atoms with E-state index in [9.17, 15) is 4.79 Å². The van der Waals surface area contributed by atoms with Crippen molar-refractivity contribution < 1.29 is 4.79 Å². The van der Waals surface area contributed by atoms with Crippen LogP contribution in [0, 0.1) is 0 Å². The summed E-state index contributed by atoms with van der Waals surface area (Å²) in [5.74, 6) is 0.564. The minimum atomic E-state index is -0.180. The molecular formula is C14H17ClN4O. The highest BCUT2D eigenvalue weighted by atomic mass is 35.5. The highest BCUT2D eigenvalue weighted by Crippen LogP contribution is 2.21. The Labute approximate surface area is 122 Å². The van der Waals surface area contributed by atoms with Gasteiger partial charge in [0.25, 0.3) is 5.91 Å². The molecule has 20 heavy (non-hydrogen) atoms. The van der Waals surface area contributed by atoms with Gasteiger partial charge < -0.3 is 15.6 Å². The normalized spacial score (nSPS) is 11.9. The summed E-state index contributed by atoms with van der Waals surface area (Å²) in [6.07, 6.45) is 4.15. The molecule has 1 aromatic carbocycles. The SMILES string of the molecule is CCC(NC(=O)c1cc(Cl)ccc1NC)c1ncc[nH]1. The van der Waals surface area contributed by atoms with Crippen molar-refractivity contribution in [2.75, 3.05) is 12.4 Å². The number of aromatic amines is 1. The molecule has 1 aromatic heterocycles. The lowest BCUT2D eigenvalue weighted by Gasteiger charge is -2.16. The van der Waals surface area contributed by atoms with Crippen molar-refractivity contribution in [3.63, 3.8) is 0 Å². The average molecular weight is 293 g/mol. The molecule has 1 heterocycles. The van der Waals surface area contributed by atoms with Crippen LogP contribution in [0.15, 0.2) is 30.6 Å². The van der Waals surface area contributed by atoms with Crippen LogP contribution < -0.4 is 10.6 Å². The Morgan fingerprint density at radius 3 is 2.90 bits per heavy atom. The third-order valence-corrected chi connectivity index (χ3v) is 3.29. The molecule has 0 aliphatic carbocycles. The highest BCUT2D eigenvalue weighted by molar-refractivity contribution is 6.31. The third-order valence-electron chi connectivity index (χ3n) is 3.06. The molecule has 0 spiro atoms. The predicted molar refractivity (Wildman–Crippen MR) is 80.1 cm³/mol. The molecular weight excluding hydrogens is 276 g/mol. The van der Waals surface area contributed by atoms with E-state index in [-0.39, 0.29) is 11.9 Å². The molecule has 106 valence electrons. The number of nitrogens with one attached hydrogen (secondary N) is 3. The molecule has 5 nitrogen and oxygen atoms in total. The average Bonchev–Trinajstić information content (AvgIpc) is 2.98. The Balaban J connectivity index is 2.21. The Bertz CT molecular complexity index is 583. The van der Waals surface area contributed by atoms with E-state index in [0.717, 1.165) is 17.9 Å². The third kappa shape index (κ3) is 3.11. The second-order valence-corrected chi connectivity index (χ2v) is 4.79. The van der Waals surface area contributed by atoms with Gasteiger partial charge in [0.15, 0.2) is 0 Å². The number of hydrogen-bond donors (Lipinski definition) is 3. The largest absolute Gasteiger partial charge is 0.387 e. The van der Waals surface area contributed by atoms with Gasteiger partial charge in [-0.2, -0.15) is 0 Å². The van der Waals surface area contributed by atoms with Crippen LogP contribution in [0.3, 0.4) is 0 Å². The topological polar surface area (TPSA) is 69.8 Å². The molecule has 0 aliphatic rings. The van der Waals surface area contributed by atoms with Gasteiger partial charge in [0.2, 0.25) is 0 Å². The van der Waals surface area contributed by atoms with Gasteiger partial charge in [-0.25, -0.2) is 4.98 Å². The highest BCUT2D eigenvalue weighted by Gasteiger charge is 2.18. The number of hydrogen-bond acceptors (Lipinski definition) is 3. The first-order valence-corrected chi connectivity index (χ1v) is 6.81. The van der Waals surface area contributed by atoms with Crippen LogP contribution in [0.25, 0.3) is 0 Å². The molecule has 0 bridgehead atoms. The lowest BCUT2D eigenvalue weighted by Crippen LogP contribution is -2.29. The van der Waals surface area contributed by atoms with E-state index in [1.54, 1.807) is 37.6 Å². The Hall–Kier alpha value is -2.01. The molecule has 2 aromatic rings. The number of anilines is 1. The van der Waals surface area contributed by atoms with Crippen molar-refractivity contribution in [1.29, 1.82) is 0 Å². The molecule has 6 heteroatoms. The summed E-state index contributed by atoms with van der Waals surface area (Å²) < 4.78 is 0. The minimum absolute atomic E-state index is 0.152. The summed E-state index contributed by atoms with van der Waals surface area (Å²) in [6.45, 7) is 1.99. The van der Waals surface area contributed by atoms with Gasteiger partial charge in [0.1, 0.15) is 5.82 Å². The van der Waals surface area contributed by atoms with E-state index < -0.39 is 0 Å². The van der Waals surface area contributed by atoms with Gasteiger partial charge in [-0.15, -0.1) is 0 Å². The number of halogens is 1. The second kappa shape index (κ2) is 6.43. The molecule has 1 amide bonds. The summed E-state index contributed by atoms with van der Waals surface area (Å²) in [5, 5.41) is 6.47. The predicted octanol–water partition coefficient (Wildman–Crippen LogP) is 2.99. The van der Waals surface area contributed by atoms with Crippen molar-refractivity contribution in [3.8, 4) is 0 Å². The lowest BCUT2D eigenvalue weighted by atomic mass is 10.1. The molecule has 1 unspecified atom stereocenters. The number of benzene rings is 1. The molecule has 0 radical (unpaired) electrons. The summed E-state index contributed by atoms with van der Waals surface area (Å²) in [6, 6.07) is 5.03. The number of carbonyl (C=O) groups is 1. The first kappa shape index (κ1) is 14.4. The Kier molecular flexibility index (Phi) is 4.63. The fraction of sp³-hybridized carbons (Fsp3) is 0.286. The van der Waals surface area contributed by atoms with Crippen molar-refractivity contribution in [1.82, 2.24) is 15.3 Å². The standard InChI is InChI=1S/C14H17ClN4O/c1-3-11(13-17-6-7-18-13)19-14(20)10-8-9(15)4-5-12(10)16-2/h4-8,11,16H,3H2,1-2H3,(H,17,18)(H,19,20). The quantitative estimate of drug-likeness (QED) is 0.793. The zero-order valence-electron chi connectivity index (χ0n) is 11.4. The van der Waals surface area contributed by atoms with Crippen molar-refractivity contribution in [2.45, 2.75) is 19.4 Å². The molecule has 1 atom stereocenters. The molecule has 0 aliphatic heterocycles. The van der Waals surface area contributed by atoms with Crippen molar-refractivity contribution in [2.24, 2.45) is 0 Å². The second-order valence-electron chi connectivity index (χ2n) is 4.35. The van der Waals surface area contributed by atoms with E-state index in [2.05, 4.69) is 20.6 Å². The van der Waals surface area contributed by atoms with E-state index in [1.165, 1.54) is 0 Å². The van der Waals surface area contributed by atoms with Crippen LogP contribution in [0.2, 0.25) is 5.02 Å². The van der Waals surface area contributed by atoms with Crippen LogP contribution in [0.1, 0.15) is 35.6 Å². The van der Waals surface area contributed by atoms with Gasteiger partial charge >= 0.3 is 0 Å². The first-order valence-electron chi connectivity index (χ1n) is 6.43. The van der Waals surface area contributed by atoms with Crippen LogP contribution in [-0.2, 0) is 0 Å². The maximum Gasteiger partial charge on any atom is 0.254 e. The van der Waals surface area contributed by atoms with Gasteiger partial charge in [0, 0.05) is 30.2 Å². The van der Waals surface area contributed by atoms with Crippen LogP contribution >= 0.6 is 11.6 Å².